The number of ether oxygens (including phenoxy) is 1. The second kappa shape index (κ2) is 4.12. The van der Waals surface area contributed by atoms with E-state index in [2.05, 4.69) is 0 Å². The van der Waals surface area contributed by atoms with Crippen molar-refractivity contribution >= 4 is 16.8 Å². The molecule has 0 aliphatic carbocycles. The number of hydrogen-bond donors (Lipinski definition) is 0. The lowest BCUT2D eigenvalue weighted by Gasteiger charge is -2.06. The molecular weight excluding hydrogens is 202 g/mol. The Morgan fingerprint density at radius 1 is 1.57 bits per heavy atom. The van der Waals surface area contributed by atoms with E-state index >= 15 is 0 Å². The molecule has 0 saturated carbocycles. The molecule has 72 valence electrons. The van der Waals surface area contributed by atoms with E-state index in [0.29, 0.717) is 11.3 Å². The van der Waals surface area contributed by atoms with E-state index in [1.807, 2.05) is 6.07 Å². The molecule has 1 aromatic rings. The van der Waals surface area contributed by atoms with Gasteiger partial charge >= 0.3 is 0 Å². The number of nitrogens with zero attached hydrogens (tertiary/aromatic N) is 1. The predicted octanol–water partition coefficient (Wildman–Crippen LogP) is 2.25. The summed E-state index contributed by atoms with van der Waals surface area (Å²) in [4.78, 5) is 11.0. The van der Waals surface area contributed by atoms with Gasteiger partial charge in [0, 0.05) is 0 Å². The molecule has 1 rings (SSSR count). The van der Waals surface area contributed by atoms with Crippen molar-refractivity contribution < 1.29 is 9.53 Å². The van der Waals surface area contributed by atoms with Crippen molar-refractivity contribution in [1.82, 2.24) is 0 Å². The molecule has 0 amide bonds. The number of rotatable bonds is 2. The van der Waals surface area contributed by atoms with Gasteiger partial charge in [0.05, 0.1) is 18.2 Å². The van der Waals surface area contributed by atoms with Crippen LogP contribution in [0.4, 0.5) is 0 Å². The van der Waals surface area contributed by atoms with Gasteiger partial charge in [0.2, 0.25) is 0 Å². The van der Waals surface area contributed by atoms with Crippen LogP contribution in [0, 0.1) is 18.3 Å². The smallest absolute Gasteiger partial charge is 0.253 e. The van der Waals surface area contributed by atoms with Crippen molar-refractivity contribution in [2.75, 3.05) is 7.11 Å². The second-order valence-corrected chi connectivity index (χ2v) is 3.10. The van der Waals surface area contributed by atoms with Crippen LogP contribution >= 0.6 is 11.6 Å². The first kappa shape index (κ1) is 10.6. The fraction of sp³-hybridized carbons (Fsp3) is 0.200. The average molecular weight is 210 g/mol. The highest BCUT2D eigenvalue weighted by molar-refractivity contribution is 6.68. The van der Waals surface area contributed by atoms with E-state index in [1.165, 1.54) is 13.2 Å². The molecule has 0 bridgehead atoms. The molecule has 1 aromatic carbocycles. The first-order valence-corrected chi connectivity index (χ1v) is 4.26. The van der Waals surface area contributed by atoms with Gasteiger partial charge in [0.15, 0.2) is 0 Å². The van der Waals surface area contributed by atoms with E-state index in [1.54, 1.807) is 13.0 Å². The third-order valence-corrected chi connectivity index (χ3v) is 2.05. The highest BCUT2D eigenvalue weighted by atomic mass is 35.5. The van der Waals surface area contributed by atoms with Crippen LogP contribution in [0.25, 0.3) is 0 Å². The van der Waals surface area contributed by atoms with Gasteiger partial charge in [-0.1, -0.05) is 0 Å². The zero-order valence-electron chi connectivity index (χ0n) is 7.80. The van der Waals surface area contributed by atoms with Gasteiger partial charge in [-0.05, 0) is 36.2 Å². The quantitative estimate of drug-likeness (QED) is 0.702. The number of hydrogen-bond acceptors (Lipinski definition) is 3. The van der Waals surface area contributed by atoms with Gasteiger partial charge in [-0.25, -0.2) is 0 Å². The molecule has 0 heterocycles. The highest BCUT2D eigenvalue weighted by Gasteiger charge is 2.13. The molecule has 0 spiro atoms. The van der Waals surface area contributed by atoms with Crippen LogP contribution in [-0.2, 0) is 0 Å². The molecule has 0 aliphatic rings. The maximum absolute atomic E-state index is 11.0. The van der Waals surface area contributed by atoms with Gasteiger partial charge in [-0.15, -0.1) is 0 Å². The highest BCUT2D eigenvalue weighted by Crippen LogP contribution is 2.22. The Labute approximate surface area is 86.9 Å². The van der Waals surface area contributed by atoms with Crippen LogP contribution in [-0.4, -0.2) is 12.4 Å². The molecule has 4 heteroatoms. The minimum Gasteiger partial charge on any atom is -0.497 e. The minimum atomic E-state index is -0.623. The van der Waals surface area contributed by atoms with E-state index in [-0.39, 0.29) is 11.1 Å². The lowest BCUT2D eigenvalue weighted by Crippen LogP contribution is -1.99. The Morgan fingerprint density at radius 3 is 2.64 bits per heavy atom. The number of halogens is 1. The summed E-state index contributed by atoms with van der Waals surface area (Å²) in [6.07, 6.45) is 0. The first-order valence-electron chi connectivity index (χ1n) is 3.88. The zero-order valence-corrected chi connectivity index (χ0v) is 8.55. The molecule has 0 fully saturated rings. The van der Waals surface area contributed by atoms with Crippen molar-refractivity contribution in [2.45, 2.75) is 6.92 Å². The summed E-state index contributed by atoms with van der Waals surface area (Å²) in [5.74, 6) is 0.542. The molecular formula is C10H8ClNO2. The molecule has 0 radical (unpaired) electrons. The molecule has 0 N–H and O–H groups in total. The first-order chi connectivity index (χ1) is 6.60. The standard InChI is InChI=1S/C10H8ClNO2/c1-6-3-8(14-2)4-7(5-12)9(6)10(11)13/h3-4H,1-2H3. The van der Waals surface area contributed by atoms with Gasteiger partial charge in [0.1, 0.15) is 11.8 Å². The molecule has 0 saturated heterocycles. The third kappa shape index (κ3) is 1.86. The number of aryl methyl sites for hydroxylation is 1. The third-order valence-electron chi connectivity index (χ3n) is 1.86. The molecule has 14 heavy (non-hydrogen) atoms. The fourth-order valence-electron chi connectivity index (χ4n) is 1.22. The number of benzene rings is 1. The number of carbonyl (C=O) groups excluding carboxylic acids is 1. The lowest BCUT2D eigenvalue weighted by atomic mass is 10.0. The van der Waals surface area contributed by atoms with Crippen LogP contribution < -0.4 is 4.74 Å². The van der Waals surface area contributed by atoms with E-state index in [4.69, 9.17) is 21.6 Å². The summed E-state index contributed by atoms with van der Waals surface area (Å²) in [5.41, 5.74) is 1.12. The molecule has 0 aliphatic heterocycles. The summed E-state index contributed by atoms with van der Waals surface area (Å²) in [7, 11) is 1.50. The Balaban J connectivity index is 3.44. The predicted molar refractivity (Wildman–Crippen MR) is 52.6 cm³/mol. The number of carbonyl (C=O) groups is 1. The average Bonchev–Trinajstić information content (AvgIpc) is 2.15. The summed E-state index contributed by atoms with van der Waals surface area (Å²) in [5, 5.41) is 8.17. The largest absolute Gasteiger partial charge is 0.497 e. The molecule has 3 nitrogen and oxygen atoms in total. The maximum Gasteiger partial charge on any atom is 0.253 e. The van der Waals surface area contributed by atoms with Gasteiger partial charge in [0.25, 0.3) is 5.24 Å². The van der Waals surface area contributed by atoms with E-state index in [9.17, 15) is 4.79 Å². The lowest BCUT2D eigenvalue weighted by molar-refractivity contribution is 0.108. The number of nitriles is 1. The van der Waals surface area contributed by atoms with Crippen LogP contribution in [0.5, 0.6) is 5.75 Å². The number of methoxy groups -OCH3 is 1. The fourth-order valence-corrected chi connectivity index (χ4v) is 1.47. The Morgan fingerprint density at radius 2 is 2.21 bits per heavy atom. The molecule has 0 aromatic heterocycles. The summed E-state index contributed by atoms with van der Waals surface area (Å²) >= 11 is 5.36. The molecule has 0 unspecified atom stereocenters. The van der Waals surface area contributed by atoms with Crippen molar-refractivity contribution in [3.63, 3.8) is 0 Å². The molecule has 0 atom stereocenters. The van der Waals surface area contributed by atoms with Crippen LogP contribution in [0.15, 0.2) is 12.1 Å². The van der Waals surface area contributed by atoms with Crippen molar-refractivity contribution in [1.29, 1.82) is 5.26 Å². The minimum absolute atomic E-state index is 0.238. The van der Waals surface area contributed by atoms with Crippen molar-refractivity contribution in [3.05, 3.63) is 28.8 Å². The van der Waals surface area contributed by atoms with Gasteiger partial charge < -0.3 is 4.74 Å². The SMILES string of the molecule is COc1cc(C)c(C(=O)Cl)c(C#N)c1. The summed E-state index contributed by atoms with van der Waals surface area (Å²) in [6, 6.07) is 5.06. The van der Waals surface area contributed by atoms with Gasteiger partial charge in [-0.3, -0.25) is 4.79 Å². The van der Waals surface area contributed by atoms with E-state index < -0.39 is 5.24 Å². The van der Waals surface area contributed by atoms with Crippen molar-refractivity contribution in [2.24, 2.45) is 0 Å². The Hall–Kier alpha value is -1.53. The summed E-state index contributed by atoms with van der Waals surface area (Å²) < 4.78 is 4.97. The van der Waals surface area contributed by atoms with Crippen LogP contribution in [0.2, 0.25) is 0 Å². The Bertz CT molecular complexity index is 421. The van der Waals surface area contributed by atoms with Crippen LogP contribution in [0.3, 0.4) is 0 Å². The Kier molecular flexibility index (Phi) is 3.10. The monoisotopic (exact) mass is 209 g/mol. The maximum atomic E-state index is 11.0. The normalized spacial score (nSPS) is 9.29. The zero-order chi connectivity index (χ0) is 10.7. The van der Waals surface area contributed by atoms with Crippen molar-refractivity contribution in [3.8, 4) is 11.8 Å². The topological polar surface area (TPSA) is 50.1 Å². The van der Waals surface area contributed by atoms with E-state index in [0.717, 1.165) is 0 Å². The van der Waals surface area contributed by atoms with Gasteiger partial charge in [-0.2, -0.15) is 5.26 Å². The second-order valence-electron chi connectivity index (χ2n) is 2.75. The summed E-state index contributed by atoms with van der Waals surface area (Å²) in [6.45, 7) is 1.71. The van der Waals surface area contributed by atoms with Crippen LogP contribution in [0.1, 0.15) is 21.5 Å².